The van der Waals surface area contributed by atoms with Crippen LogP contribution >= 0.6 is 78.1 Å². The Labute approximate surface area is 256 Å². The molecule has 0 saturated carbocycles. The van der Waals surface area contributed by atoms with Gasteiger partial charge >= 0.3 is 0 Å². The van der Waals surface area contributed by atoms with Crippen LogP contribution in [0, 0.1) is 0 Å². The van der Waals surface area contributed by atoms with Crippen molar-refractivity contribution in [1.82, 2.24) is 0 Å². The molecule has 2 aromatic heterocycles. The summed E-state index contributed by atoms with van der Waals surface area (Å²) in [5, 5.41) is 0. The van der Waals surface area contributed by atoms with Crippen LogP contribution in [0.4, 0.5) is 0 Å². The second-order valence-corrected chi connectivity index (χ2v) is 17.0. The summed E-state index contributed by atoms with van der Waals surface area (Å²) in [6.45, 7) is 4.60. The lowest BCUT2D eigenvalue weighted by atomic mass is 10.1. The van der Waals surface area contributed by atoms with Crippen molar-refractivity contribution in [3.63, 3.8) is 0 Å². The van der Waals surface area contributed by atoms with E-state index in [1.807, 2.05) is 22.7 Å². The molecule has 2 rings (SSSR count). The molecule has 0 amide bonds. The minimum absolute atomic E-state index is 1.25. The predicted molar refractivity (Wildman–Crippen MR) is 180 cm³/mol. The van der Waals surface area contributed by atoms with E-state index in [2.05, 4.69) is 69.2 Å². The van der Waals surface area contributed by atoms with Gasteiger partial charge in [0.1, 0.15) is 0 Å². The van der Waals surface area contributed by atoms with Crippen LogP contribution in [0.25, 0.3) is 9.40 Å². The predicted octanol–water partition coefficient (Wildman–Crippen LogP) is 14.5. The van der Waals surface area contributed by atoms with Gasteiger partial charge in [0, 0.05) is 0 Å². The molecule has 0 spiro atoms. The van der Waals surface area contributed by atoms with Crippen LogP contribution in [-0.2, 0) is 0 Å². The van der Waals surface area contributed by atoms with Crippen molar-refractivity contribution in [3.8, 4) is 0 Å². The standard InChI is InChI=1S/C30H50Br2S4/c1-3-5-7-9-11-13-15-17-19-21-23-33-27-25-26(36-29(27)31)28(30(32)35-25)34-24-22-20-18-16-14-12-10-8-6-4-2/h3-24H2,1-2H3. The van der Waals surface area contributed by atoms with Crippen molar-refractivity contribution in [2.24, 2.45) is 0 Å². The molecule has 0 radical (unpaired) electrons. The summed E-state index contributed by atoms with van der Waals surface area (Å²) < 4.78 is 5.69. The van der Waals surface area contributed by atoms with Gasteiger partial charge in [-0.15, -0.1) is 46.2 Å². The molecule has 0 unspecified atom stereocenters. The van der Waals surface area contributed by atoms with Crippen molar-refractivity contribution in [1.29, 1.82) is 0 Å². The third-order valence-corrected chi connectivity index (χ3v) is 14.2. The third kappa shape index (κ3) is 13.6. The fourth-order valence-electron chi connectivity index (χ4n) is 4.61. The quantitative estimate of drug-likeness (QED) is 0.0791. The second kappa shape index (κ2) is 22.1. The van der Waals surface area contributed by atoms with Crippen LogP contribution in [0.5, 0.6) is 0 Å². The topological polar surface area (TPSA) is 0 Å². The van der Waals surface area contributed by atoms with E-state index in [1.54, 1.807) is 0 Å². The Bertz CT molecular complexity index is 733. The van der Waals surface area contributed by atoms with Crippen LogP contribution in [0.1, 0.15) is 142 Å². The first kappa shape index (κ1) is 33.5. The molecule has 208 valence electrons. The molecule has 0 aliphatic rings. The molecule has 2 heterocycles. The molecule has 0 fully saturated rings. The van der Waals surface area contributed by atoms with E-state index in [4.69, 9.17) is 0 Å². The van der Waals surface area contributed by atoms with E-state index < -0.39 is 0 Å². The van der Waals surface area contributed by atoms with Gasteiger partial charge in [-0.2, -0.15) is 0 Å². The van der Waals surface area contributed by atoms with Crippen molar-refractivity contribution in [3.05, 3.63) is 7.57 Å². The van der Waals surface area contributed by atoms with Crippen LogP contribution in [0.15, 0.2) is 17.4 Å². The largest absolute Gasteiger partial charge is 0.125 e. The normalized spacial score (nSPS) is 11.8. The maximum absolute atomic E-state index is 3.89. The van der Waals surface area contributed by atoms with Crippen molar-refractivity contribution < 1.29 is 0 Å². The number of rotatable bonds is 24. The highest BCUT2D eigenvalue weighted by Gasteiger charge is 2.19. The first-order valence-electron chi connectivity index (χ1n) is 14.8. The monoisotopic (exact) mass is 696 g/mol. The summed E-state index contributed by atoms with van der Waals surface area (Å²) in [5.41, 5.74) is 0. The van der Waals surface area contributed by atoms with Gasteiger partial charge < -0.3 is 0 Å². The molecule has 36 heavy (non-hydrogen) atoms. The smallest absolute Gasteiger partial charge is 0.0855 e. The third-order valence-electron chi connectivity index (χ3n) is 6.85. The number of thioether (sulfide) groups is 2. The molecule has 0 aliphatic heterocycles. The molecule has 0 aliphatic carbocycles. The summed E-state index contributed by atoms with van der Waals surface area (Å²) in [7, 11) is 0. The molecule has 0 aromatic carbocycles. The molecular weight excluding hydrogens is 648 g/mol. The van der Waals surface area contributed by atoms with Gasteiger partial charge in [-0.1, -0.05) is 129 Å². The molecule has 0 saturated heterocycles. The first-order chi connectivity index (χ1) is 17.7. The van der Waals surface area contributed by atoms with Gasteiger partial charge in [0.05, 0.1) is 26.8 Å². The highest BCUT2D eigenvalue weighted by atomic mass is 79.9. The summed E-state index contributed by atoms with van der Waals surface area (Å²) >= 11 is 15.8. The highest BCUT2D eigenvalue weighted by molar-refractivity contribution is 9.11. The molecule has 0 N–H and O–H groups in total. The lowest BCUT2D eigenvalue weighted by Gasteiger charge is -2.03. The summed E-state index contributed by atoms with van der Waals surface area (Å²) in [5.74, 6) is 2.50. The summed E-state index contributed by atoms with van der Waals surface area (Å²) in [6, 6.07) is 0. The van der Waals surface area contributed by atoms with E-state index >= 15 is 0 Å². The number of fused-ring (bicyclic) bond motifs is 1. The SMILES string of the molecule is CCCCCCCCCCCCSc1c(Br)sc2c(SCCCCCCCCCCCC)c(Br)sc12. The van der Waals surface area contributed by atoms with Gasteiger partial charge in [-0.05, 0) is 56.2 Å². The fourth-order valence-corrected chi connectivity index (χ4v) is 12.0. The average molecular weight is 699 g/mol. The number of hydrogen-bond acceptors (Lipinski definition) is 4. The van der Waals surface area contributed by atoms with Gasteiger partial charge in [-0.25, -0.2) is 0 Å². The Balaban J connectivity index is 1.60. The maximum atomic E-state index is 3.89. The van der Waals surface area contributed by atoms with Gasteiger partial charge in [-0.3, -0.25) is 0 Å². The van der Waals surface area contributed by atoms with Crippen LogP contribution in [-0.4, -0.2) is 11.5 Å². The number of unbranched alkanes of at least 4 members (excludes halogenated alkanes) is 18. The van der Waals surface area contributed by atoms with E-state index in [-0.39, 0.29) is 0 Å². The second-order valence-electron chi connectivity index (χ2n) is 10.1. The molecule has 0 nitrogen and oxygen atoms in total. The van der Waals surface area contributed by atoms with Crippen molar-refractivity contribution in [2.45, 2.75) is 152 Å². The van der Waals surface area contributed by atoms with Gasteiger partial charge in [0.15, 0.2) is 0 Å². The zero-order valence-electron chi connectivity index (χ0n) is 22.9. The van der Waals surface area contributed by atoms with Gasteiger partial charge in [0.25, 0.3) is 0 Å². The molecule has 0 bridgehead atoms. The average Bonchev–Trinajstić information content (AvgIpc) is 3.33. The highest BCUT2D eigenvalue weighted by Crippen LogP contribution is 2.52. The lowest BCUT2D eigenvalue weighted by molar-refractivity contribution is 0.563. The zero-order valence-corrected chi connectivity index (χ0v) is 29.4. The summed E-state index contributed by atoms with van der Waals surface area (Å²) in [4.78, 5) is 2.98. The van der Waals surface area contributed by atoms with Crippen molar-refractivity contribution >= 4 is 87.5 Å². The lowest BCUT2D eigenvalue weighted by Crippen LogP contribution is -1.84. The van der Waals surface area contributed by atoms with Crippen LogP contribution in [0.3, 0.4) is 0 Å². The molecular formula is C30H50Br2S4. The van der Waals surface area contributed by atoms with E-state index in [1.165, 1.54) is 167 Å². The number of thiophene rings is 2. The van der Waals surface area contributed by atoms with E-state index in [0.29, 0.717) is 0 Å². The van der Waals surface area contributed by atoms with E-state index in [0.717, 1.165) is 0 Å². The minimum atomic E-state index is 1.25. The number of halogens is 2. The Kier molecular flexibility index (Phi) is 20.5. The van der Waals surface area contributed by atoms with Crippen LogP contribution in [0.2, 0.25) is 0 Å². The van der Waals surface area contributed by atoms with Crippen molar-refractivity contribution in [2.75, 3.05) is 11.5 Å². The summed E-state index contributed by atoms with van der Waals surface area (Å²) in [6.07, 6.45) is 28.3. The van der Waals surface area contributed by atoms with Gasteiger partial charge in [0.2, 0.25) is 0 Å². The Morgan fingerprint density at radius 3 is 1.03 bits per heavy atom. The van der Waals surface area contributed by atoms with Crippen LogP contribution < -0.4 is 0 Å². The fraction of sp³-hybridized carbons (Fsp3) is 0.800. The first-order valence-corrected chi connectivity index (χ1v) is 20.0. The van der Waals surface area contributed by atoms with E-state index in [9.17, 15) is 0 Å². The number of hydrogen-bond donors (Lipinski definition) is 0. The maximum Gasteiger partial charge on any atom is 0.0855 e. The Morgan fingerprint density at radius 1 is 0.444 bits per heavy atom. The Hall–Kier alpha value is 1.32. The Morgan fingerprint density at radius 2 is 0.722 bits per heavy atom. The zero-order chi connectivity index (χ0) is 25.8. The molecule has 2 aromatic rings. The molecule has 6 heteroatoms. The minimum Gasteiger partial charge on any atom is -0.125 e. The molecule has 0 atom stereocenters.